The molecular formula is C56H36N6. The summed E-state index contributed by atoms with van der Waals surface area (Å²) in [4.78, 5) is 19.8. The predicted octanol–water partition coefficient (Wildman–Crippen LogP) is 13.8. The highest BCUT2D eigenvalue weighted by Gasteiger charge is 2.23. The summed E-state index contributed by atoms with van der Waals surface area (Å²) in [5.41, 5.74) is 13.6. The number of aromatic nitrogens is 6. The van der Waals surface area contributed by atoms with Crippen molar-refractivity contribution in [2.45, 2.75) is 0 Å². The average Bonchev–Trinajstić information content (AvgIpc) is 3.87. The van der Waals surface area contributed by atoms with Gasteiger partial charge in [0.25, 0.3) is 0 Å². The Morgan fingerprint density at radius 1 is 0.274 bits per heavy atom. The number of benzene rings is 8. The quantitative estimate of drug-likeness (QED) is 0.161. The molecule has 0 aliphatic heterocycles. The van der Waals surface area contributed by atoms with Crippen LogP contribution in [0.5, 0.6) is 0 Å². The van der Waals surface area contributed by atoms with Gasteiger partial charge < -0.3 is 9.13 Å². The maximum absolute atomic E-state index is 5.20. The van der Waals surface area contributed by atoms with Crippen molar-refractivity contribution < 1.29 is 0 Å². The first-order chi connectivity index (χ1) is 30.8. The van der Waals surface area contributed by atoms with Crippen LogP contribution in [0.15, 0.2) is 219 Å². The Balaban J connectivity index is 1.20. The Kier molecular flexibility index (Phi) is 8.38. The van der Waals surface area contributed by atoms with Crippen LogP contribution in [0.1, 0.15) is 0 Å². The van der Waals surface area contributed by atoms with E-state index in [4.69, 9.17) is 15.0 Å². The second-order valence-corrected chi connectivity index (χ2v) is 15.5. The van der Waals surface area contributed by atoms with Crippen molar-refractivity contribution in [3.63, 3.8) is 0 Å². The third-order valence-corrected chi connectivity index (χ3v) is 11.9. The molecule has 0 bridgehead atoms. The van der Waals surface area contributed by atoms with Crippen LogP contribution in [-0.2, 0) is 0 Å². The lowest BCUT2D eigenvalue weighted by atomic mass is 9.94. The van der Waals surface area contributed by atoms with Crippen molar-refractivity contribution in [3.05, 3.63) is 219 Å². The Labute approximate surface area is 357 Å². The number of hydrogen-bond acceptors (Lipinski definition) is 4. The minimum Gasteiger partial charge on any atom is -0.309 e. The first-order valence-corrected chi connectivity index (χ1v) is 20.8. The molecule has 0 fully saturated rings. The second-order valence-electron chi connectivity index (χ2n) is 15.5. The van der Waals surface area contributed by atoms with Crippen molar-refractivity contribution in [1.29, 1.82) is 0 Å². The van der Waals surface area contributed by atoms with Gasteiger partial charge in [0.2, 0.25) is 0 Å². The van der Waals surface area contributed by atoms with Gasteiger partial charge in [-0.3, -0.25) is 4.98 Å². The number of para-hydroxylation sites is 4. The van der Waals surface area contributed by atoms with Crippen LogP contribution in [-0.4, -0.2) is 29.1 Å². The number of hydrogen-bond donors (Lipinski definition) is 0. The summed E-state index contributed by atoms with van der Waals surface area (Å²) in [6.07, 6.45) is 3.71. The van der Waals surface area contributed by atoms with Gasteiger partial charge in [-0.1, -0.05) is 140 Å². The molecule has 290 valence electrons. The topological polar surface area (TPSA) is 61.4 Å². The van der Waals surface area contributed by atoms with Gasteiger partial charge in [-0.25, -0.2) is 15.0 Å². The van der Waals surface area contributed by atoms with Crippen molar-refractivity contribution in [2.24, 2.45) is 0 Å². The highest BCUT2D eigenvalue weighted by Crippen LogP contribution is 2.43. The van der Waals surface area contributed by atoms with Gasteiger partial charge in [0.05, 0.1) is 33.4 Å². The highest BCUT2D eigenvalue weighted by molar-refractivity contribution is 6.11. The molecule has 0 spiro atoms. The normalized spacial score (nSPS) is 11.5. The fraction of sp³-hybridized carbons (Fsp3) is 0. The van der Waals surface area contributed by atoms with Gasteiger partial charge in [-0.2, -0.15) is 0 Å². The molecule has 4 aromatic heterocycles. The predicted molar refractivity (Wildman–Crippen MR) is 253 cm³/mol. The summed E-state index contributed by atoms with van der Waals surface area (Å²) >= 11 is 0. The molecule has 6 heteroatoms. The first kappa shape index (κ1) is 35.5. The van der Waals surface area contributed by atoms with E-state index >= 15 is 0 Å². The molecular weight excluding hydrogens is 757 g/mol. The standard InChI is InChI=1S/C56H36N6/c1-3-15-38(16-4-1)54-58-55(39-17-5-2-6-18-39)60-56(59-54)41-28-30-53(62-50-25-13-9-21-44(50)45-22-10-14-26-51(45)62)47(36-41)46-35-40(37-31-33-57-34-32-37)27-29-52(46)61-48-23-11-7-19-42(48)43-20-8-12-24-49(43)61/h1-36H. The molecule has 0 unspecified atom stereocenters. The Morgan fingerprint density at radius 2 is 0.629 bits per heavy atom. The van der Waals surface area contributed by atoms with Crippen LogP contribution in [0, 0.1) is 0 Å². The molecule has 12 aromatic rings. The largest absolute Gasteiger partial charge is 0.309 e. The minimum absolute atomic E-state index is 0.594. The van der Waals surface area contributed by atoms with E-state index in [2.05, 4.69) is 160 Å². The van der Waals surface area contributed by atoms with E-state index in [1.54, 1.807) is 0 Å². The Morgan fingerprint density at radius 3 is 1.06 bits per heavy atom. The molecule has 0 atom stereocenters. The lowest BCUT2D eigenvalue weighted by Crippen LogP contribution is -2.04. The number of nitrogens with zero attached hydrogens (tertiary/aromatic N) is 6. The zero-order valence-electron chi connectivity index (χ0n) is 33.5. The van der Waals surface area contributed by atoms with Crippen LogP contribution in [0.25, 0.3) is 111 Å². The van der Waals surface area contributed by atoms with E-state index < -0.39 is 0 Å². The summed E-state index contributed by atoms with van der Waals surface area (Å²) < 4.78 is 4.83. The monoisotopic (exact) mass is 792 g/mol. The van der Waals surface area contributed by atoms with Gasteiger partial charge in [-0.15, -0.1) is 0 Å². The molecule has 0 radical (unpaired) electrons. The van der Waals surface area contributed by atoms with Crippen LogP contribution < -0.4 is 0 Å². The van der Waals surface area contributed by atoms with Gasteiger partial charge in [0.1, 0.15) is 0 Å². The van der Waals surface area contributed by atoms with Gasteiger partial charge in [0, 0.05) is 61.8 Å². The van der Waals surface area contributed by atoms with E-state index in [-0.39, 0.29) is 0 Å². The number of fused-ring (bicyclic) bond motifs is 6. The molecule has 0 aliphatic carbocycles. The van der Waals surface area contributed by atoms with Gasteiger partial charge >= 0.3 is 0 Å². The van der Waals surface area contributed by atoms with Crippen LogP contribution in [0.3, 0.4) is 0 Å². The summed E-state index contributed by atoms with van der Waals surface area (Å²) in [6, 6.07) is 72.7. The van der Waals surface area contributed by atoms with Crippen molar-refractivity contribution >= 4 is 43.6 Å². The fourth-order valence-electron chi connectivity index (χ4n) is 9.06. The van der Waals surface area contributed by atoms with E-state index in [9.17, 15) is 0 Å². The lowest BCUT2D eigenvalue weighted by Gasteiger charge is -2.21. The summed E-state index contributed by atoms with van der Waals surface area (Å²) in [5, 5.41) is 4.80. The highest BCUT2D eigenvalue weighted by atomic mass is 15.0. The molecule has 62 heavy (non-hydrogen) atoms. The SMILES string of the molecule is c1ccc(-c2nc(-c3ccccc3)nc(-c3ccc(-n4c5ccccc5c5ccccc54)c(-c4cc(-c5ccncc5)ccc4-n4c5ccccc5c5ccccc54)c3)n2)cc1. The molecule has 0 aliphatic rings. The first-order valence-electron chi connectivity index (χ1n) is 20.8. The summed E-state index contributed by atoms with van der Waals surface area (Å²) in [7, 11) is 0. The molecule has 0 N–H and O–H groups in total. The zero-order chi connectivity index (χ0) is 41.0. The molecule has 0 amide bonds. The molecule has 12 rings (SSSR count). The number of pyridine rings is 1. The Bertz CT molecular complexity index is 3460. The van der Waals surface area contributed by atoms with E-state index in [1.165, 1.54) is 21.5 Å². The molecule has 0 saturated heterocycles. The molecule has 6 nitrogen and oxygen atoms in total. The van der Waals surface area contributed by atoms with E-state index in [0.717, 1.165) is 72.4 Å². The molecule has 8 aromatic carbocycles. The Hall–Kier alpha value is -8.48. The van der Waals surface area contributed by atoms with E-state index in [0.29, 0.717) is 17.5 Å². The summed E-state index contributed by atoms with van der Waals surface area (Å²) in [5.74, 6) is 1.83. The van der Waals surface area contributed by atoms with Crippen LogP contribution in [0.2, 0.25) is 0 Å². The molecule has 0 saturated carbocycles. The third-order valence-electron chi connectivity index (χ3n) is 11.9. The van der Waals surface area contributed by atoms with Crippen molar-refractivity contribution in [1.82, 2.24) is 29.1 Å². The van der Waals surface area contributed by atoms with Crippen molar-refractivity contribution in [3.8, 4) is 67.8 Å². The van der Waals surface area contributed by atoms with Crippen molar-refractivity contribution in [2.75, 3.05) is 0 Å². The number of rotatable bonds is 7. The van der Waals surface area contributed by atoms with Crippen LogP contribution in [0.4, 0.5) is 0 Å². The van der Waals surface area contributed by atoms with Gasteiger partial charge in [-0.05, 0) is 77.9 Å². The smallest absolute Gasteiger partial charge is 0.164 e. The zero-order valence-corrected chi connectivity index (χ0v) is 33.5. The van der Waals surface area contributed by atoms with E-state index in [1.807, 2.05) is 73.1 Å². The average molecular weight is 793 g/mol. The fourth-order valence-corrected chi connectivity index (χ4v) is 9.06. The van der Waals surface area contributed by atoms with Gasteiger partial charge in [0.15, 0.2) is 17.5 Å². The molecule has 4 heterocycles. The third kappa shape index (κ3) is 5.88. The maximum Gasteiger partial charge on any atom is 0.164 e. The lowest BCUT2D eigenvalue weighted by molar-refractivity contribution is 1.07. The summed E-state index contributed by atoms with van der Waals surface area (Å²) in [6.45, 7) is 0. The maximum atomic E-state index is 5.20. The van der Waals surface area contributed by atoms with Crippen LogP contribution >= 0.6 is 0 Å². The minimum atomic E-state index is 0.594. The second kappa shape index (κ2) is 14.7.